The molecule has 1 saturated heterocycles. The minimum Gasteiger partial charge on any atom is -0.367 e. The van der Waals surface area contributed by atoms with E-state index in [0.29, 0.717) is 11.6 Å². The third kappa shape index (κ3) is 3.95. The summed E-state index contributed by atoms with van der Waals surface area (Å²) in [6, 6.07) is 7.88. The van der Waals surface area contributed by atoms with Crippen molar-refractivity contribution in [3.05, 3.63) is 34.9 Å². The van der Waals surface area contributed by atoms with E-state index in [1.807, 2.05) is 36.1 Å². The van der Waals surface area contributed by atoms with Gasteiger partial charge in [-0.3, -0.25) is 4.79 Å². The molecule has 0 aliphatic carbocycles. The molecule has 1 heterocycles. The zero-order valence-corrected chi connectivity index (χ0v) is 12.5. The maximum Gasteiger partial charge on any atom is 0.248 e. The Morgan fingerprint density at radius 3 is 2.95 bits per heavy atom. The maximum absolute atomic E-state index is 12.1. The van der Waals surface area contributed by atoms with Crippen LogP contribution in [-0.4, -0.2) is 36.0 Å². The highest BCUT2D eigenvalue weighted by Gasteiger charge is 2.26. The number of halogens is 1. The number of likely N-dealkylation sites (tertiary alicyclic amines) is 1. The molecule has 2 unspecified atom stereocenters. The van der Waals surface area contributed by atoms with Crippen molar-refractivity contribution in [1.82, 2.24) is 4.90 Å². The van der Waals surface area contributed by atoms with Crippen LogP contribution in [0.1, 0.15) is 25.3 Å². The maximum atomic E-state index is 12.1. The molecule has 20 heavy (non-hydrogen) atoms. The SMILES string of the molecule is CC1CC(N)CCN1C(=O)COCc1ccccc1Cl. The second-order valence-electron chi connectivity index (χ2n) is 5.30. The van der Waals surface area contributed by atoms with Crippen LogP contribution < -0.4 is 5.73 Å². The summed E-state index contributed by atoms with van der Waals surface area (Å²) < 4.78 is 5.48. The molecular formula is C15H21ClN2O2. The molecule has 0 radical (unpaired) electrons. The molecule has 5 heteroatoms. The van der Waals surface area contributed by atoms with Gasteiger partial charge in [0.1, 0.15) is 6.61 Å². The number of carbonyl (C=O) groups excluding carboxylic acids is 1. The van der Waals surface area contributed by atoms with E-state index in [0.717, 1.165) is 24.9 Å². The van der Waals surface area contributed by atoms with E-state index in [9.17, 15) is 4.79 Å². The van der Waals surface area contributed by atoms with Gasteiger partial charge < -0.3 is 15.4 Å². The Hall–Kier alpha value is -1.10. The fourth-order valence-electron chi connectivity index (χ4n) is 2.53. The third-order valence-electron chi connectivity index (χ3n) is 3.68. The Bertz CT molecular complexity index is 467. The van der Waals surface area contributed by atoms with Crippen LogP contribution in [-0.2, 0) is 16.1 Å². The Labute approximate surface area is 124 Å². The van der Waals surface area contributed by atoms with Crippen LogP contribution in [0.5, 0.6) is 0 Å². The van der Waals surface area contributed by atoms with Gasteiger partial charge in [0.2, 0.25) is 5.91 Å². The lowest BCUT2D eigenvalue weighted by atomic mass is 9.99. The summed E-state index contributed by atoms with van der Waals surface area (Å²) in [4.78, 5) is 14.0. The second kappa shape index (κ2) is 7.07. The van der Waals surface area contributed by atoms with Crippen molar-refractivity contribution in [2.24, 2.45) is 5.73 Å². The van der Waals surface area contributed by atoms with Gasteiger partial charge in [-0.25, -0.2) is 0 Å². The minimum absolute atomic E-state index is 0.0245. The normalized spacial score (nSPS) is 22.9. The molecule has 2 rings (SSSR count). The average molecular weight is 297 g/mol. The van der Waals surface area contributed by atoms with Crippen LogP contribution in [0.25, 0.3) is 0 Å². The van der Waals surface area contributed by atoms with Crippen molar-refractivity contribution < 1.29 is 9.53 Å². The summed E-state index contributed by atoms with van der Waals surface area (Å²) in [6.45, 7) is 3.19. The lowest BCUT2D eigenvalue weighted by Crippen LogP contribution is -2.49. The fraction of sp³-hybridized carbons (Fsp3) is 0.533. The van der Waals surface area contributed by atoms with Gasteiger partial charge in [0.25, 0.3) is 0 Å². The quantitative estimate of drug-likeness (QED) is 0.927. The van der Waals surface area contributed by atoms with Crippen LogP contribution in [0.4, 0.5) is 0 Å². The molecule has 110 valence electrons. The van der Waals surface area contributed by atoms with E-state index in [2.05, 4.69) is 0 Å². The number of rotatable bonds is 4. The molecule has 1 aliphatic heterocycles. The van der Waals surface area contributed by atoms with Gasteiger partial charge in [-0.1, -0.05) is 29.8 Å². The first-order chi connectivity index (χ1) is 9.58. The van der Waals surface area contributed by atoms with Gasteiger partial charge in [0.05, 0.1) is 6.61 Å². The Balaban J connectivity index is 1.79. The monoisotopic (exact) mass is 296 g/mol. The van der Waals surface area contributed by atoms with Crippen molar-refractivity contribution in [3.63, 3.8) is 0 Å². The molecule has 4 nitrogen and oxygen atoms in total. The third-order valence-corrected chi connectivity index (χ3v) is 4.05. The lowest BCUT2D eigenvalue weighted by Gasteiger charge is -2.36. The number of carbonyl (C=O) groups is 1. The summed E-state index contributed by atoms with van der Waals surface area (Å²) in [6.07, 6.45) is 1.72. The van der Waals surface area contributed by atoms with Crippen molar-refractivity contribution in [2.45, 2.75) is 38.5 Å². The molecule has 2 atom stereocenters. The van der Waals surface area contributed by atoms with Crippen molar-refractivity contribution >= 4 is 17.5 Å². The highest BCUT2D eigenvalue weighted by molar-refractivity contribution is 6.31. The summed E-state index contributed by atoms with van der Waals surface area (Å²) in [5.41, 5.74) is 6.80. The fourth-order valence-corrected chi connectivity index (χ4v) is 2.72. The summed E-state index contributed by atoms with van der Waals surface area (Å²) >= 11 is 6.04. The van der Waals surface area contributed by atoms with Crippen molar-refractivity contribution in [1.29, 1.82) is 0 Å². The molecule has 0 saturated carbocycles. The molecule has 1 aromatic rings. The minimum atomic E-state index is 0.0245. The van der Waals surface area contributed by atoms with Gasteiger partial charge in [0.15, 0.2) is 0 Å². The highest BCUT2D eigenvalue weighted by Crippen LogP contribution is 2.17. The lowest BCUT2D eigenvalue weighted by molar-refractivity contribution is -0.140. The largest absolute Gasteiger partial charge is 0.367 e. The highest BCUT2D eigenvalue weighted by atomic mass is 35.5. The second-order valence-corrected chi connectivity index (χ2v) is 5.71. The molecule has 0 aromatic heterocycles. The first-order valence-corrected chi connectivity index (χ1v) is 7.32. The molecule has 2 N–H and O–H groups in total. The van der Waals surface area contributed by atoms with Crippen LogP contribution in [0.2, 0.25) is 5.02 Å². The number of hydrogen-bond acceptors (Lipinski definition) is 3. The molecule has 1 aromatic carbocycles. The van der Waals surface area contributed by atoms with E-state index in [-0.39, 0.29) is 24.6 Å². The molecule has 1 aliphatic rings. The van der Waals surface area contributed by atoms with E-state index in [1.165, 1.54) is 0 Å². The van der Waals surface area contributed by atoms with Crippen molar-refractivity contribution in [3.8, 4) is 0 Å². The number of benzene rings is 1. The zero-order valence-electron chi connectivity index (χ0n) is 11.7. The number of ether oxygens (including phenoxy) is 1. The molecule has 1 fully saturated rings. The average Bonchev–Trinajstić information content (AvgIpc) is 2.40. The van der Waals surface area contributed by atoms with Gasteiger partial charge in [-0.05, 0) is 31.4 Å². The van der Waals surface area contributed by atoms with E-state index in [4.69, 9.17) is 22.1 Å². The molecular weight excluding hydrogens is 276 g/mol. The number of nitrogens with two attached hydrogens (primary N) is 1. The van der Waals surface area contributed by atoms with Gasteiger partial charge in [-0.2, -0.15) is 0 Å². The zero-order chi connectivity index (χ0) is 14.5. The number of piperidine rings is 1. The number of hydrogen-bond donors (Lipinski definition) is 1. The number of nitrogens with zero attached hydrogens (tertiary/aromatic N) is 1. The predicted octanol–water partition coefficient (Wildman–Crippen LogP) is 2.19. The van der Waals surface area contributed by atoms with Crippen molar-refractivity contribution in [2.75, 3.05) is 13.2 Å². The Kier molecular flexibility index (Phi) is 5.40. The smallest absolute Gasteiger partial charge is 0.248 e. The topological polar surface area (TPSA) is 55.6 Å². The van der Waals surface area contributed by atoms with E-state index < -0.39 is 0 Å². The molecule has 1 amide bonds. The predicted molar refractivity (Wildman–Crippen MR) is 79.5 cm³/mol. The van der Waals surface area contributed by atoms with E-state index >= 15 is 0 Å². The van der Waals surface area contributed by atoms with Gasteiger partial charge in [-0.15, -0.1) is 0 Å². The summed E-state index contributed by atoms with van der Waals surface area (Å²) in [7, 11) is 0. The summed E-state index contributed by atoms with van der Waals surface area (Å²) in [5.74, 6) is 0.0245. The summed E-state index contributed by atoms with van der Waals surface area (Å²) in [5, 5.41) is 0.664. The van der Waals surface area contributed by atoms with Crippen LogP contribution in [0.3, 0.4) is 0 Å². The van der Waals surface area contributed by atoms with Crippen LogP contribution in [0, 0.1) is 0 Å². The first kappa shape index (κ1) is 15.3. The standard InChI is InChI=1S/C15H21ClN2O2/c1-11-8-13(17)6-7-18(11)15(19)10-20-9-12-4-2-3-5-14(12)16/h2-5,11,13H,6-10,17H2,1H3. The Morgan fingerprint density at radius 2 is 2.25 bits per heavy atom. The van der Waals surface area contributed by atoms with Gasteiger partial charge >= 0.3 is 0 Å². The van der Waals surface area contributed by atoms with E-state index in [1.54, 1.807) is 0 Å². The molecule has 0 spiro atoms. The first-order valence-electron chi connectivity index (χ1n) is 6.94. The van der Waals surface area contributed by atoms with Crippen LogP contribution >= 0.6 is 11.6 Å². The Morgan fingerprint density at radius 1 is 1.50 bits per heavy atom. The number of amides is 1. The van der Waals surface area contributed by atoms with Crippen LogP contribution in [0.15, 0.2) is 24.3 Å². The molecule has 0 bridgehead atoms. The van der Waals surface area contributed by atoms with Gasteiger partial charge in [0, 0.05) is 23.7 Å².